The predicted molar refractivity (Wildman–Crippen MR) is 80.6 cm³/mol. The van der Waals surface area contributed by atoms with Crippen LogP contribution in [0, 0.1) is 0 Å². The largest absolute Gasteiger partial charge is 0.419 e. The number of fused-ring (bicyclic) bond motifs is 1. The first-order valence-electron chi connectivity index (χ1n) is 6.84. The van der Waals surface area contributed by atoms with Crippen molar-refractivity contribution in [1.29, 1.82) is 0 Å². The molecule has 1 aromatic carbocycles. The normalized spacial score (nSPS) is 16.5. The topological polar surface area (TPSA) is 102 Å². The number of anilines is 1. The van der Waals surface area contributed by atoms with Crippen LogP contribution < -0.4 is 10.9 Å². The summed E-state index contributed by atoms with van der Waals surface area (Å²) in [6.45, 7) is 2.97. The van der Waals surface area contributed by atoms with Crippen molar-refractivity contribution in [2.75, 3.05) is 5.43 Å². The smallest absolute Gasteiger partial charge is 0.350 e. The highest BCUT2D eigenvalue weighted by Crippen LogP contribution is 2.22. The number of hydrazine groups is 1. The Morgan fingerprint density at radius 1 is 1.09 bits per heavy atom. The third kappa shape index (κ3) is 3.05. The minimum atomic E-state index is -1.26. The monoisotopic (exact) mass is 314 g/mol. The van der Waals surface area contributed by atoms with E-state index in [-0.39, 0.29) is 5.57 Å². The lowest BCUT2D eigenvalue weighted by atomic mass is 10.2. The van der Waals surface area contributed by atoms with Crippen molar-refractivity contribution < 1.29 is 19.1 Å². The minimum Gasteiger partial charge on any atom is -0.419 e. The summed E-state index contributed by atoms with van der Waals surface area (Å²) in [6.07, 6.45) is 2.59. The molecule has 8 nitrogen and oxygen atoms in total. The molecule has 2 N–H and O–H groups in total. The number of nitrogens with one attached hydrogen (secondary N) is 2. The number of cyclic esters (lactones) is 2. The van der Waals surface area contributed by atoms with Crippen LogP contribution in [0.25, 0.3) is 10.9 Å². The van der Waals surface area contributed by atoms with Gasteiger partial charge in [-0.3, -0.25) is 5.43 Å². The number of nitrogens with zero attached hydrogens (tertiary/aromatic N) is 2. The van der Waals surface area contributed by atoms with Gasteiger partial charge in [-0.25, -0.2) is 19.6 Å². The number of hydrogen-bond donors (Lipinski definition) is 2. The first-order chi connectivity index (χ1) is 11.0. The van der Waals surface area contributed by atoms with Crippen molar-refractivity contribution in [3.63, 3.8) is 0 Å². The SMILES string of the molecule is CC1(C)OC(=O)C(=CNNc2ncnc3ccccc23)C(=O)O1. The quantitative estimate of drug-likeness (QED) is 0.378. The summed E-state index contributed by atoms with van der Waals surface area (Å²) in [6, 6.07) is 7.41. The number of ether oxygens (including phenoxy) is 2. The number of hydrogen-bond acceptors (Lipinski definition) is 8. The van der Waals surface area contributed by atoms with Gasteiger partial charge in [0.25, 0.3) is 5.79 Å². The molecule has 2 heterocycles. The van der Waals surface area contributed by atoms with E-state index in [1.807, 2.05) is 24.3 Å². The lowest BCUT2D eigenvalue weighted by Crippen LogP contribution is -2.42. The molecule has 23 heavy (non-hydrogen) atoms. The molecule has 2 aromatic rings. The predicted octanol–water partition coefficient (Wildman–Crippen LogP) is 1.27. The standard InChI is InChI=1S/C15H14N4O4/c1-15(2)22-13(20)10(14(21)23-15)7-18-19-12-9-5-3-4-6-11(9)16-8-17-12/h3-8,18H,1-2H3,(H,16,17,19). The Morgan fingerprint density at radius 2 is 1.78 bits per heavy atom. The molecule has 0 aliphatic carbocycles. The van der Waals surface area contributed by atoms with Crippen LogP contribution in [0.2, 0.25) is 0 Å². The molecule has 3 rings (SSSR count). The van der Waals surface area contributed by atoms with Gasteiger partial charge >= 0.3 is 11.9 Å². The average molecular weight is 314 g/mol. The van der Waals surface area contributed by atoms with Crippen molar-refractivity contribution in [3.05, 3.63) is 42.4 Å². The summed E-state index contributed by atoms with van der Waals surface area (Å²) in [4.78, 5) is 31.8. The minimum absolute atomic E-state index is 0.241. The van der Waals surface area contributed by atoms with Crippen molar-refractivity contribution in [1.82, 2.24) is 15.4 Å². The molecule has 0 radical (unpaired) electrons. The molecule has 8 heteroatoms. The molecule has 0 unspecified atom stereocenters. The Bertz CT molecular complexity index is 789. The van der Waals surface area contributed by atoms with E-state index < -0.39 is 17.7 Å². The summed E-state index contributed by atoms with van der Waals surface area (Å²) in [7, 11) is 0. The van der Waals surface area contributed by atoms with E-state index in [1.54, 1.807) is 0 Å². The van der Waals surface area contributed by atoms with Crippen LogP contribution in [-0.4, -0.2) is 27.7 Å². The lowest BCUT2D eigenvalue weighted by Gasteiger charge is -2.29. The summed E-state index contributed by atoms with van der Waals surface area (Å²) < 4.78 is 9.97. The molecule has 1 aromatic heterocycles. The molecule has 0 atom stereocenters. The number of carbonyl (C=O) groups is 2. The van der Waals surface area contributed by atoms with Crippen LogP contribution in [0.4, 0.5) is 5.82 Å². The van der Waals surface area contributed by atoms with Gasteiger partial charge in [-0.15, -0.1) is 0 Å². The van der Waals surface area contributed by atoms with Crippen LogP contribution in [0.5, 0.6) is 0 Å². The van der Waals surface area contributed by atoms with E-state index in [0.29, 0.717) is 5.82 Å². The summed E-state index contributed by atoms with van der Waals surface area (Å²) in [5.74, 6) is -2.27. The Hall–Kier alpha value is -3.16. The van der Waals surface area contributed by atoms with Crippen LogP contribution in [-0.2, 0) is 19.1 Å². The van der Waals surface area contributed by atoms with Gasteiger partial charge in [0.2, 0.25) is 0 Å². The molecule has 1 aliphatic rings. The zero-order valence-electron chi connectivity index (χ0n) is 12.5. The summed E-state index contributed by atoms with van der Waals surface area (Å²) >= 11 is 0. The number of para-hydroxylation sites is 1. The number of esters is 2. The van der Waals surface area contributed by atoms with Crippen LogP contribution >= 0.6 is 0 Å². The van der Waals surface area contributed by atoms with Crippen molar-refractivity contribution in [2.24, 2.45) is 0 Å². The molecular formula is C15H14N4O4. The van der Waals surface area contributed by atoms with Crippen LogP contribution in [0.3, 0.4) is 0 Å². The Labute approximate surface area is 131 Å². The van der Waals surface area contributed by atoms with Crippen molar-refractivity contribution in [3.8, 4) is 0 Å². The molecule has 1 fully saturated rings. The molecule has 118 valence electrons. The van der Waals surface area contributed by atoms with E-state index in [1.165, 1.54) is 26.4 Å². The third-order valence-electron chi connectivity index (χ3n) is 3.07. The van der Waals surface area contributed by atoms with Crippen molar-refractivity contribution >= 4 is 28.7 Å². The molecule has 1 saturated heterocycles. The maximum absolute atomic E-state index is 11.8. The maximum atomic E-state index is 11.8. The van der Waals surface area contributed by atoms with Crippen LogP contribution in [0.1, 0.15) is 13.8 Å². The first-order valence-corrected chi connectivity index (χ1v) is 6.84. The molecule has 0 spiro atoms. The maximum Gasteiger partial charge on any atom is 0.350 e. The molecule has 0 bridgehead atoms. The van der Waals surface area contributed by atoms with Gasteiger partial charge in [-0.05, 0) is 12.1 Å². The fourth-order valence-electron chi connectivity index (χ4n) is 2.06. The summed E-state index contributed by atoms with van der Waals surface area (Å²) in [5, 5.41) is 0.788. The molecular weight excluding hydrogens is 300 g/mol. The van der Waals surface area contributed by atoms with Gasteiger partial charge in [-0.2, -0.15) is 0 Å². The fourth-order valence-corrected chi connectivity index (χ4v) is 2.06. The van der Waals surface area contributed by atoms with E-state index in [0.717, 1.165) is 10.9 Å². The highest BCUT2D eigenvalue weighted by Gasteiger charge is 2.38. The number of aromatic nitrogens is 2. The molecule has 0 amide bonds. The summed E-state index contributed by atoms with van der Waals surface area (Å²) in [5.41, 5.74) is 5.97. The van der Waals surface area contributed by atoms with E-state index in [9.17, 15) is 9.59 Å². The third-order valence-corrected chi connectivity index (χ3v) is 3.07. The lowest BCUT2D eigenvalue weighted by molar-refractivity contribution is -0.222. The van der Waals surface area contributed by atoms with Gasteiger partial charge in [0.1, 0.15) is 6.33 Å². The second-order valence-electron chi connectivity index (χ2n) is 5.25. The zero-order valence-corrected chi connectivity index (χ0v) is 12.5. The van der Waals surface area contributed by atoms with E-state index in [4.69, 9.17) is 9.47 Å². The van der Waals surface area contributed by atoms with E-state index >= 15 is 0 Å². The highest BCUT2D eigenvalue weighted by molar-refractivity contribution is 6.15. The van der Waals surface area contributed by atoms with Gasteiger partial charge in [0, 0.05) is 25.4 Å². The van der Waals surface area contributed by atoms with Crippen molar-refractivity contribution in [2.45, 2.75) is 19.6 Å². The Balaban J connectivity index is 1.76. The number of rotatable bonds is 3. The number of carbonyl (C=O) groups excluding carboxylic acids is 2. The fraction of sp³-hybridized carbons (Fsp3) is 0.200. The van der Waals surface area contributed by atoms with Gasteiger partial charge in [-0.1, -0.05) is 12.1 Å². The van der Waals surface area contributed by atoms with Gasteiger partial charge < -0.3 is 14.9 Å². The van der Waals surface area contributed by atoms with Gasteiger partial charge in [0.05, 0.1) is 5.52 Å². The Kier molecular flexibility index (Phi) is 3.57. The van der Waals surface area contributed by atoms with Gasteiger partial charge in [0.15, 0.2) is 11.4 Å². The zero-order chi connectivity index (χ0) is 16.4. The van der Waals surface area contributed by atoms with E-state index in [2.05, 4.69) is 20.8 Å². The average Bonchev–Trinajstić information content (AvgIpc) is 2.49. The second kappa shape index (κ2) is 5.56. The Morgan fingerprint density at radius 3 is 2.52 bits per heavy atom. The van der Waals surface area contributed by atoms with Crippen LogP contribution in [0.15, 0.2) is 42.4 Å². The number of benzene rings is 1. The molecule has 1 aliphatic heterocycles. The highest BCUT2D eigenvalue weighted by atomic mass is 16.7. The second-order valence-corrected chi connectivity index (χ2v) is 5.25. The molecule has 0 saturated carbocycles. The first kappa shape index (κ1) is 14.8.